The minimum absolute atomic E-state index is 0.187. The van der Waals surface area contributed by atoms with E-state index < -0.39 is 0 Å². The number of fused-ring (bicyclic) bond motifs is 1. The van der Waals surface area contributed by atoms with E-state index >= 15 is 0 Å². The third kappa shape index (κ3) is 0.894. The third-order valence-electron chi connectivity index (χ3n) is 1.40. The smallest absolute Gasteiger partial charge is 0.326 e. The van der Waals surface area contributed by atoms with Crippen molar-refractivity contribution in [2.24, 2.45) is 0 Å². The van der Waals surface area contributed by atoms with Gasteiger partial charge in [0.1, 0.15) is 0 Å². The van der Waals surface area contributed by atoms with Crippen molar-refractivity contribution in [3.05, 3.63) is 28.4 Å². The Hall–Kier alpha value is -1.36. The fourth-order valence-electron chi connectivity index (χ4n) is 0.925. The number of H-pyrrole nitrogens is 1. The molecule has 56 valence electrons. The van der Waals surface area contributed by atoms with Crippen LogP contribution in [0.4, 0.5) is 5.00 Å². The monoisotopic (exact) mass is 168 g/mol. The van der Waals surface area contributed by atoms with Crippen molar-refractivity contribution in [2.75, 3.05) is 0 Å². The maximum atomic E-state index is 10.3. The summed E-state index contributed by atoms with van der Waals surface area (Å²) in [5.41, 5.74) is 0.835. The molecule has 0 amide bonds. The van der Waals surface area contributed by atoms with Crippen molar-refractivity contribution < 1.29 is 4.92 Å². The maximum Gasteiger partial charge on any atom is 0.326 e. The second kappa shape index (κ2) is 2.06. The summed E-state index contributed by atoms with van der Waals surface area (Å²) in [5, 5.41) is 10.5. The summed E-state index contributed by atoms with van der Waals surface area (Å²) in [7, 11) is 0. The summed E-state index contributed by atoms with van der Waals surface area (Å²) in [6, 6.07) is 3.37. The predicted octanol–water partition coefficient (Wildman–Crippen LogP) is 2.14. The highest BCUT2D eigenvalue weighted by Crippen LogP contribution is 2.29. The van der Waals surface area contributed by atoms with Crippen LogP contribution in [0, 0.1) is 10.1 Å². The molecule has 0 saturated carbocycles. The number of aromatic nitrogens is 1. The Bertz CT molecular complexity index is 375. The highest BCUT2D eigenvalue weighted by Gasteiger charge is 2.10. The standard InChI is InChI=1S/C6H4N2O2S/c9-8(10)6-3-4-5(11-6)1-2-7-4/h1-3,7H. The largest absolute Gasteiger partial charge is 0.360 e. The van der Waals surface area contributed by atoms with Gasteiger partial charge in [-0.1, -0.05) is 11.3 Å². The number of rotatable bonds is 1. The summed E-state index contributed by atoms with van der Waals surface area (Å²) in [5.74, 6) is 0. The van der Waals surface area contributed by atoms with Gasteiger partial charge in [-0.25, -0.2) is 0 Å². The molecule has 0 spiro atoms. The molecule has 5 heteroatoms. The molecule has 0 saturated heterocycles. The molecule has 1 N–H and O–H groups in total. The van der Waals surface area contributed by atoms with Crippen molar-refractivity contribution in [3.63, 3.8) is 0 Å². The first-order chi connectivity index (χ1) is 5.27. The molecule has 0 radical (unpaired) electrons. The van der Waals surface area contributed by atoms with Crippen LogP contribution >= 0.6 is 11.3 Å². The average Bonchev–Trinajstić information content (AvgIpc) is 2.40. The van der Waals surface area contributed by atoms with Crippen LogP contribution < -0.4 is 0 Å². The second-order valence-corrected chi connectivity index (χ2v) is 3.16. The zero-order chi connectivity index (χ0) is 7.84. The van der Waals surface area contributed by atoms with Crippen molar-refractivity contribution in [2.45, 2.75) is 0 Å². The Morgan fingerprint density at radius 3 is 3.09 bits per heavy atom. The van der Waals surface area contributed by atoms with Crippen LogP contribution in [0.25, 0.3) is 10.2 Å². The lowest BCUT2D eigenvalue weighted by Gasteiger charge is -1.78. The van der Waals surface area contributed by atoms with Crippen LogP contribution in [0.5, 0.6) is 0 Å². The molecule has 2 heterocycles. The van der Waals surface area contributed by atoms with Gasteiger partial charge in [0.25, 0.3) is 0 Å². The quantitative estimate of drug-likeness (QED) is 0.523. The van der Waals surface area contributed by atoms with Gasteiger partial charge in [0.2, 0.25) is 0 Å². The molecule has 0 aliphatic carbocycles. The Morgan fingerprint density at radius 2 is 2.45 bits per heavy atom. The van der Waals surface area contributed by atoms with E-state index in [9.17, 15) is 10.1 Å². The summed E-state index contributed by atoms with van der Waals surface area (Å²) in [6.07, 6.45) is 1.77. The Morgan fingerprint density at radius 1 is 1.64 bits per heavy atom. The fraction of sp³-hybridized carbons (Fsp3) is 0. The van der Waals surface area contributed by atoms with Gasteiger partial charge in [-0.3, -0.25) is 10.1 Å². The number of nitrogens with one attached hydrogen (secondary N) is 1. The van der Waals surface area contributed by atoms with E-state index in [-0.39, 0.29) is 9.92 Å². The van der Waals surface area contributed by atoms with E-state index in [1.807, 2.05) is 6.07 Å². The van der Waals surface area contributed by atoms with Crippen LogP contribution in [0.1, 0.15) is 0 Å². The summed E-state index contributed by atoms with van der Waals surface area (Å²) >= 11 is 1.18. The van der Waals surface area contributed by atoms with Gasteiger partial charge in [0.15, 0.2) is 0 Å². The lowest BCUT2D eigenvalue weighted by atomic mass is 10.5. The minimum atomic E-state index is -0.376. The van der Waals surface area contributed by atoms with E-state index in [0.29, 0.717) is 0 Å². The molecule has 4 nitrogen and oxygen atoms in total. The van der Waals surface area contributed by atoms with Crippen molar-refractivity contribution >= 4 is 26.6 Å². The molecule has 0 aliphatic rings. The number of nitro groups is 1. The first-order valence-corrected chi connectivity index (χ1v) is 3.80. The molecule has 0 aromatic carbocycles. The number of nitrogens with zero attached hydrogens (tertiary/aromatic N) is 1. The van der Waals surface area contributed by atoms with E-state index in [1.54, 1.807) is 12.3 Å². The van der Waals surface area contributed by atoms with Gasteiger partial charge < -0.3 is 4.98 Å². The zero-order valence-electron chi connectivity index (χ0n) is 5.40. The van der Waals surface area contributed by atoms with Gasteiger partial charge in [-0.2, -0.15) is 0 Å². The normalized spacial score (nSPS) is 10.5. The molecule has 11 heavy (non-hydrogen) atoms. The van der Waals surface area contributed by atoms with E-state index in [4.69, 9.17) is 0 Å². The van der Waals surface area contributed by atoms with Crippen LogP contribution in [0.3, 0.4) is 0 Å². The summed E-state index contributed by atoms with van der Waals surface area (Å²) in [6.45, 7) is 0. The van der Waals surface area contributed by atoms with E-state index in [2.05, 4.69) is 4.98 Å². The van der Waals surface area contributed by atoms with Crippen LogP contribution in [0.2, 0.25) is 0 Å². The molecule has 2 aromatic heterocycles. The fourth-order valence-corrected chi connectivity index (χ4v) is 1.77. The van der Waals surface area contributed by atoms with E-state index in [0.717, 1.165) is 10.2 Å². The lowest BCUT2D eigenvalue weighted by molar-refractivity contribution is -0.380. The molecule has 0 unspecified atom stereocenters. The van der Waals surface area contributed by atoms with Gasteiger partial charge in [0, 0.05) is 6.20 Å². The SMILES string of the molecule is O=[N+]([O-])c1cc2[nH]ccc2s1. The third-order valence-corrected chi connectivity index (χ3v) is 2.45. The van der Waals surface area contributed by atoms with Crippen molar-refractivity contribution in [3.8, 4) is 0 Å². The highest BCUT2D eigenvalue weighted by atomic mass is 32.1. The van der Waals surface area contributed by atoms with Crippen LogP contribution in [0.15, 0.2) is 18.3 Å². The predicted molar refractivity (Wildman–Crippen MR) is 42.8 cm³/mol. The minimum Gasteiger partial charge on any atom is -0.360 e. The molecule has 0 fully saturated rings. The molecule has 0 atom stereocenters. The topological polar surface area (TPSA) is 58.9 Å². The summed E-state index contributed by atoms with van der Waals surface area (Å²) in [4.78, 5) is 12.8. The molecular weight excluding hydrogens is 164 g/mol. The summed E-state index contributed by atoms with van der Waals surface area (Å²) < 4.78 is 0.928. The zero-order valence-corrected chi connectivity index (χ0v) is 6.22. The van der Waals surface area contributed by atoms with Gasteiger partial charge >= 0.3 is 5.00 Å². The Kier molecular flexibility index (Phi) is 1.19. The maximum absolute atomic E-state index is 10.3. The second-order valence-electron chi connectivity index (χ2n) is 2.10. The average molecular weight is 168 g/mol. The molecular formula is C6H4N2O2S. The number of hydrogen-bond acceptors (Lipinski definition) is 3. The lowest BCUT2D eigenvalue weighted by Crippen LogP contribution is -1.80. The van der Waals surface area contributed by atoms with Crippen molar-refractivity contribution in [1.29, 1.82) is 0 Å². The number of thiophene rings is 1. The number of hydrogen-bond donors (Lipinski definition) is 1. The van der Waals surface area contributed by atoms with Crippen molar-refractivity contribution in [1.82, 2.24) is 4.98 Å². The van der Waals surface area contributed by atoms with Crippen LogP contribution in [-0.4, -0.2) is 9.91 Å². The number of aromatic amines is 1. The van der Waals surface area contributed by atoms with E-state index in [1.165, 1.54) is 11.3 Å². The first-order valence-electron chi connectivity index (χ1n) is 2.99. The first kappa shape index (κ1) is 6.36. The molecule has 2 rings (SSSR count). The Labute approximate surface area is 65.6 Å². The highest BCUT2D eigenvalue weighted by molar-refractivity contribution is 7.22. The molecule has 0 aliphatic heterocycles. The Balaban J connectivity index is 2.67. The van der Waals surface area contributed by atoms with Crippen LogP contribution in [-0.2, 0) is 0 Å². The van der Waals surface area contributed by atoms with Gasteiger partial charge in [-0.15, -0.1) is 0 Å². The molecule has 0 bridgehead atoms. The van der Waals surface area contributed by atoms with Gasteiger partial charge in [-0.05, 0) is 6.07 Å². The van der Waals surface area contributed by atoms with Gasteiger partial charge in [0.05, 0.1) is 21.2 Å². The molecule has 2 aromatic rings.